The molecule has 1 aromatic carbocycles. The molecule has 1 saturated heterocycles. The van der Waals surface area contributed by atoms with Gasteiger partial charge >= 0.3 is 0 Å². The van der Waals surface area contributed by atoms with Crippen molar-refractivity contribution in [2.45, 2.75) is 43.7 Å². The number of rotatable bonds is 4. The maximum atomic E-state index is 12.2. The Bertz CT molecular complexity index is 622. The summed E-state index contributed by atoms with van der Waals surface area (Å²) in [5.41, 5.74) is 1.72. The first-order valence-corrected chi connectivity index (χ1v) is 8.55. The van der Waals surface area contributed by atoms with Gasteiger partial charge in [0, 0.05) is 34.0 Å². The lowest BCUT2D eigenvalue weighted by Gasteiger charge is -2.18. The summed E-state index contributed by atoms with van der Waals surface area (Å²) in [6.07, 6.45) is 0.174. The van der Waals surface area contributed by atoms with Gasteiger partial charge in [-0.3, -0.25) is 18.7 Å². The molecule has 1 heterocycles. The van der Waals surface area contributed by atoms with Gasteiger partial charge in [-0.25, -0.2) is 0 Å². The minimum atomic E-state index is -0.976. The van der Waals surface area contributed by atoms with E-state index in [1.165, 1.54) is 7.05 Å². The summed E-state index contributed by atoms with van der Waals surface area (Å²) >= 11 is 0. The van der Waals surface area contributed by atoms with Crippen molar-refractivity contribution in [2.75, 3.05) is 12.4 Å². The summed E-state index contributed by atoms with van der Waals surface area (Å²) < 4.78 is 11.9. The monoisotopic (exact) mass is 322 g/mol. The number of likely N-dealkylation sites (tertiary alicyclic amines) is 1. The number of carbonyl (C=O) groups is 2. The molecule has 0 bridgehead atoms. The summed E-state index contributed by atoms with van der Waals surface area (Å²) in [6.45, 7) is 5.84. The number of nitrogens with one attached hydrogen (secondary N) is 1. The highest BCUT2D eigenvalue weighted by molar-refractivity contribution is 7.85. The standard InChI is InChI=1S/C16H22N2O3S/c1-16(2,3)22(21)10-11-6-5-7-12(8-11)17-13-9-14(19)18(4)15(13)20/h5-8,13,17H,9-10H2,1-4H3. The second-order valence-corrected chi connectivity index (χ2v) is 8.70. The van der Waals surface area contributed by atoms with Crippen LogP contribution in [-0.2, 0) is 26.1 Å². The predicted molar refractivity (Wildman–Crippen MR) is 87.8 cm³/mol. The van der Waals surface area contributed by atoms with Crippen molar-refractivity contribution in [3.8, 4) is 0 Å². The molecule has 1 fully saturated rings. The molecule has 5 nitrogen and oxygen atoms in total. The fourth-order valence-electron chi connectivity index (χ4n) is 2.19. The molecule has 1 aliphatic heterocycles. The first-order valence-electron chi connectivity index (χ1n) is 7.23. The van der Waals surface area contributed by atoms with E-state index >= 15 is 0 Å². The maximum absolute atomic E-state index is 12.2. The van der Waals surface area contributed by atoms with Gasteiger partial charge < -0.3 is 5.32 Å². The van der Waals surface area contributed by atoms with Gasteiger partial charge in [0.15, 0.2) is 0 Å². The summed E-state index contributed by atoms with van der Waals surface area (Å²) in [4.78, 5) is 24.6. The number of amides is 2. The Morgan fingerprint density at radius 1 is 1.32 bits per heavy atom. The number of hydrogen-bond acceptors (Lipinski definition) is 4. The van der Waals surface area contributed by atoms with Crippen molar-refractivity contribution in [3.05, 3.63) is 29.8 Å². The highest BCUT2D eigenvalue weighted by atomic mass is 32.2. The van der Waals surface area contributed by atoms with E-state index in [1.807, 2.05) is 45.0 Å². The minimum absolute atomic E-state index is 0.174. The van der Waals surface area contributed by atoms with E-state index in [1.54, 1.807) is 0 Å². The molecule has 0 spiro atoms. The Morgan fingerprint density at radius 2 is 2.00 bits per heavy atom. The molecular formula is C16H22N2O3S. The molecular weight excluding hydrogens is 300 g/mol. The molecule has 1 aromatic rings. The quantitative estimate of drug-likeness (QED) is 0.860. The lowest BCUT2D eigenvalue weighted by Crippen LogP contribution is -2.31. The molecule has 120 valence electrons. The average Bonchev–Trinajstić information content (AvgIpc) is 2.66. The van der Waals surface area contributed by atoms with Gasteiger partial charge in [0.25, 0.3) is 5.91 Å². The smallest absolute Gasteiger partial charge is 0.251 e. The SMILES string of the molecule is CN1C(=O)CC(Nc2cccc(CS(=O)C(C)(C)C)c2)C1=O. The van der Waals surface area contributed by atoms with Crippen LogP contribution >= 0.6 is 0 Å². The van der Waals surface area contributed by atoms with E-state index < -0.39 is 16.8 Å². The number of anilines is 1. The molecule has 2 amide bonds. The van der Waals surface area contributed by atoms with Crippen molar-refractivity contribution in [1.82, 2.24) is 4.90 Å². The second kappa shape index (κ2) is 6.20. The maximum Gasteiger partial charge on any atom is 0.251 e. The molecule has 2 unspecified atom stereocenters. The number of benzene rings is 1. The van der Waals surface area contributed by atoms with Crippen LogP contribution < -0.4 is 5.32 Å². The Kier molecular flexibility index (Phi) is 4.70. The molecule has 0 saturated carbocycles. The lowest BCUT2D eigenvalue weighted by atomic mass is 10.2. The third kappa shape index (κ3) is 3.74. The Hall–Kier alpha value is -1.69. The number of likely N-dealkylation sites (N-methyl/N-ethyl adjacent to an activating group) is 1. The normalized spacial score (nSPS) is 20.4. The van der Waals surface area contributed by atoms with Gasteiger partial charge in [0.2, 0.25) is 5.91 Å². The van der Waals surface area contributed by atoms with Crippen LogP contribution in [0.5, 0.6) is 0 Å². The van der Waals surface area contributed by atoms with Crippen molar-refractivity contribution in [1.29, 1.82) is 0 Å². The zero-order valence-corrected chi connectivity index (χ0v) is 14.2. The summed E-state index contributed by atoms with van der Waals surface area (Å²) in [6, 6.07) is 7.01. The topological polar surface area (TPSA) is 66.5 Å². The molecule has 1 aliphatic rings. The van der Waals surface area contributed by atoms with Crippen molar-refractivity contribution >= 4 is 28.3 Å². The first kappa shape index (κ1) is 16.7. The second-order valence-electron chi connectivity index (χ2n) is 6.49. The largest absolute Gasteiger partial charge is 0.373 e. The number of nitrogens with zero attached hydrogens (tertiary/aromatic N) is 1. The van der Waals surface area contributed by atoms with Gasteiger partial charge in [-0.2, -0.15) is 0 Å². The first-order chi connectivity index (χ1) is 10.2. The van der Waals surface area contributed by atoms with Crippen molar-refractivity contribution < 1.29 is 13.8 Å². The molecule has 22 heavy (non-hydrogen) atoms. The molecule has 0 aromatic heterocycles. The van der Waals surface area contributed by atoms with Gasteiger partial charge in [0.1, 0.15) is 6.04 Å². The fourth-order valence-corrected chi connectivity index (χ4v) is 3.10. The molecule has 6 heteroatoms. The van der Waals surface area contributed by atoms with Crippen LogP contribution in [0, 0.1) is 0 Å². The van der Waals surface area contributed by atoms with E-state index in [0.717, 1.165) is 16.2 Å². The summed E-state index contributed by atoms with van der Waals surface area (Å²) in [5.74, 6) is 0.0809. The van der Waals surface area contributed by atoms with Crippen LogP contribution in [0.1, 0.15) is 32.8 Å². The van der Waals surface area contributed by atoms with Crippen LogP contribution in [-0.4, -0.2) is 38.8 Å². The zero-order chi connectivity index (χ0) is 16.5. The van der Waals surface area contributed by atoms with Crippen LogP contribution in [0.3, 0.4) is 0 Å². The van der Waals surface area contributed by atoms with Crippen LogP contribution in [0.2, 0.25) is 0 Å². The van der Waals surface area contributed by atoms with E-state index in [-0.39, 0.29) is 23.0 Å². The van der Waals surface area contributed by atoms with Crippen LogP contribution in [0.4, 0.5) is 5.69 Å². The van der Waals surface area contributed by atoms with E-state index in [2.05, 4.69) is 5.32 Å². The Balaban J connectivity index is 2.08. The molecule has 2 atom stereocenters. The van der Waals surface area contributed by atoms with Crippen molar-refractivity contribution in [2.24, 2.45) is 0 Å². The predicted octanol–water partition coefficient (Wildman–Crippen LogP) is 1.90. The molecule has 1 N–H and O–H groups in total. The van der Waals surface area contributed by atoms with Gasteiger partial charge in [-0.1, -0.05) is 12.1 Å². The van der Waals surface area contributed by atoms with Crippen molar-refractivity contribution in [3.63, 3.8) is 0 Å². The van der Waals surface area contributed by atoms with E-state index in [9.17, 15) is 13.8 Å². The van der Waals surface area contributed by atoms with E-state index in [0.29, 0.717) is 5.75 Å². The summed E-state index contributed by atoms with van der Waals surface area (Å²) in [7, 11) is 0.519. The summed E-state index contributed by atoms with van der Waals surface area (Å²) in [5, 5.41) is 3.09. The van der Waals surface area contributed by atoms with Crippen LogP contribution in [0.25, 0.3) is 0 Å². The highest BCUT2D eigenvalue weighted by Gasteiger charge is 2.35. The molecule has 0 aliphatic carbocycles. The van der Waals surface area contributed by atoms with Gasteiger partial charge in [-0.05, 0) is 38.5 Å². The number of hydrogen-bond donors (Lipinski definition) is 1. The minimum Gasteiger partial charge on any atom is -0.373 e. The Labute approximate surface area is 133 Å². The van der Waals surface area contributed by atoms with Gasteiger partial charge in [-0.15, -0.1) is 0 Å². The third-order valence-electron chi connectivity index (χ3n) is 3.63. The average molecular weight is 322 g/mol. The Morgan fingerprint density at radius 3 is 2.55 bits per heavy atom. The highest BCUT2D eigenvalue weighted by Crippen LogP contribution is 2.21. The zero-order valence-electron chi connectivity index (χ0n) is 13.4. The number of carbonyl (C=O) groups excluding carboxylic acids is 2. The van der Waals surface area contributed by atoms with E-state index in [4.69, 9.17) is 0 Å². The molecule has 2 rings (SSSR count). The number of imide groups is 1. The lowest BCUT2D eigenvalue weighted by molar-refractivity contribution is -0.136. The van der Waals surface area contributed by atoms with Crippen LogP contribution in [0.15, 0.2) is 24.3 Å². The van der Waals surface area contributed by atoms with Gasteiger partial charge in [0.05, 0.1) is 6.42 Å². The third-order valence-corrected chi connectivity index (χ3v) is 5.59. The molecule has 0 radical (unpaired) electrons. The fraction of sp³-hybridized carbons (Fsp3) is 0.500.